The topological polar surface area (TPSA) is 65.8 Å². The highest BCUT2D eigenvalue weighted by atomic mass is 16.5. The van der Waals surface area contributed by atoms with Crippen molar-refractivity contribution in [3.63, 3.8) is 0 Å². The van der Waals surface area contributed by atoms with Gasteiger partial charge in [-0.3, -0.25) is 9.48 Å². The lowest BCUT2D eigenvalue weighted by molar-refractivity contribution is 0.0567. The Morgan fingerprint density at radius 1 is 1.35 bits per heavy atom. The predicted molar refractivity (Wildman–Crippen MR) is 74.4 cm³/mol. The first-order valence-electron chi connectivity index (χ1n) is 6.44. The number of likely N-dealkylation sites (N-methyl/N-ethyl adjacent to an activating group) is 1. The molecule has 1 rings (SSSR count). The largest absolute Gasteiger partial charge is 0.493 e. The Balaban J connectivity index is 2.69. The number of Topliss-reactive ketones (excluding diaryl/α,β-unsaturated/α-hetero) is 1. The molecule has 0 bridgehead atoms. The molecular weight excluding hydrogens is 262 g/mol. The molecule has 0 spiro atoms. The molecule has 0 radical (unpaired) electrons. The molecule has 20 heavy (non-hydrogen) atoms. The standard InChI is InChI=1S/C13H23N3O4/c1-15(2)5-6-16-13(12(19-4)9-14-16)11(17)10-20-8-7-18-3/h9H,5-8,10H2,1-4H3. The van der Waals surface area contributed by atoms with Crippen molar-refractivity contribution in [2.75, 3.05) is 54.7 Å². The van der Waals surface area contributed by atoms with E-state index >= 15 is 0 Å². The van der Waals surface area contributed by atoms with E-state index in [1.54, 1.807) is 18.0 Å². The highest BCUT2D eigenvalue weighted by Crippen LogP contribution is 2.18. The third-order valence-electron chi connectivity index (χ3n) is 2.71. The van der Waals surface area contributed by atoms with Crippen LogP contribution in [0, 0.1) is 0 Å². The van der Waals surface area contributed by atoms with Crippen LogP contribution in [0.3, 0.4) is 0 Å². The van der Waals surface area contributed by atoms with Gasteiger partial charge in [-0.1, -0.05) is 0 Å². The van der Waals surface area contributed by atoms with Gasteiger partial charge in [-0.25, -0.2) is 0 Å². The number of hydrogen-bond acceptors (Lipinski definition) is 6. The SMILES string of the molecule is COCCOCC(=O)c1c(OC)cnn1CCN(C)C. The summed E-state index contributed by atoms with van der Waals surface area (Å²) in [6.07, 6.45) is 1.55. The van der Waals surface area contributed by atoms with E-state index in [1.807, 2.05) is 19.0 Å². The van der Waals surface area contributed by atoms with Crippen LogP contribution in [0.4, 0.5) is 0 Å². The van der Waals surface area contributed by atoms with Gasteiger partial charge >= 0.3 is 0 Å². The second-order valence-electron chi connectivity index (χ2n) is 4.56. The molecule has 0 saturated heterocycles. The molecule has 1 aromatic rings. The molecule has 0 aliphatic rings. The molecule has 0 atom stereocenters. The van der Waals surface area contributed by atoms with E-state index in [0.29, 0.717) is 31.2 Å². The van der Waals surface area contributed by atoms with E-state index in [9.17, 15) is 4.79 Å². The maximum absolute atomic E-state index is 12.2. The Morgan fingerprint density at radius 2 is 2.10 bits per heavy atom. The molecule has 0 aliphatic heterocycles. The number of carbonyl (C=O) groups excluding carboxylic acids is 1. The first kappa shape index (κ1) is 16.6. The number of hydrogen-bond donors (Lipinski definition) is 0. The smallest absolute Gasteiger partial charge is 0.210 e. The molecule has 1 heterocycles. The van der Waals surface area contributed by atoms with Gasteiger partial charge in [0.05, 0.1) is 33.1 Å². The molecule has 0 aromatic carbocycles. The minimum absolute atomic E-state index is 0.00657. The highest BCUT2D eigenvalue weighted by molar-refractivity contribution is 5.98. The van der Waals surface area contributed by atoms with Crippen LogP contribution in [0.2, 0.25) is 0 Å². The van der Waals surface area contributed by atoms with Crippen LogP contribution in [0.1, 0.15) is 10.5 Å². The fraction of sp³-hybridized carbons (Fsp3) is 0.692. The zero-order valence-electron chi connectivity index (χ0n) is 12.6. The molecule has 0 unspecified atom stereocenters. The molecule has 7 heteroatoms. The molecule has 0 saturated carbocycles. The minimum Gasteiger partial charge on any atom is -0.493 e. The zero-order chi connectivity index (χ0) is 15.0. The van der Waals surface area contributed by atoms with Crippen LogP contribution in [-0.2, 0) is 16.0 Å². The summed E-state index contributed by atoms with van der Waals surface area (Å²) in [6, 6.07) is 0. The van der Waals surface area contributed by atoms with Crippen molar-refractivity contribution in [3.05, 3.63) is 11.9 Å². The van der Waals surface area contributed by atoms with E-state index in [4.69, 9.17) is 14.2 Å². The quantitative estimate of drug-likeness (QED) is 0.455. The van der Waals surface area contributed by atoms with Gasteiger partial charge in [0.1, 0.15) is 12.3 Å². The van der Waals surface area contributed by atoms with Crippen LogP contribution >= 0.6 is 0 Å². The van der Waals surface area contributed by atoms with E-state index in [-0.39, 0.29) is 12.4 Å². The van der Waals surface area contributed by atoms with Crippen LogP contribution in [0.15, 0.2) is 6.20 Å². The fourth-order valence-corrected chi connectivity index (χ4v) is 1.64. The average Bonchev–Trinajstić information content (AvgIpc) is 2.84. The monoisotopic (exact) mass is 285 g/mol. The first-order chi connectivity index (χ1) is 9.60. The van der Waals surface area contributed by atoms with Crippen LogP contribution < -0.4 is 4.74 Å². The summed E-state index contributed by atoms with van der Waals surface area (Å²) in [6.45, 7) is 2.25. The lowest BCUT2D eigenvalue weighted by Crippen LogP contribution is -2.23. The van der Waals surface area contributed by atoms with Crippen molar-refractivity contribution < 1.29 is 19.0 Å². The Morgan fingerprint density at radius 3 is 2.70 bits per heavy atom. The molecular formula is C13H23N3O4. The summed E-state index contributed by atoms with van der Waals surface area (Å²) in [5.41, 5.74) is 0.451. The second kappa shape index (κ2) is 8.68. The Bertz CT molecular complexity index is 418. The van der Waals surface area contributed by atoms with E-state index in [0.717, 1.165) is 6.54 Å². The number of aromatic nitrogens is 2. The van der Waals surface area contributed by atoms with Crippen molar-refractivity contribution >= 4 is 5.78 Å². The van der Waals surface area contributed by atoms with Crippen molar-refractivity contribution in [2.45, 2.75) is 6.54 Å². The number of rotatable bonds is 10. The second-order valence-corrected chi connectivity index (χ2v) is 4.56. The van der Waals surface area contributed by atoms with Gasteiger partial charge in [-0.15, -0.1) is 0 Å². The molecule has 114 valence electrons. The third kappa shape index (κ3) is 4.92. The fourth-order valence-electron chi connectivity index (χ4n) is 1.64. The molecule has 0 fully saturated rings. The molecule has 0 N–H and O–H groups in total. The van der Waals surface area contributed by atoms with Gasteiger partial charge in [-0.2, -0.15) is 5.10 Å². The average molecular weight is 285 g/mol. The number of nitrogens with zero attached hydrogens (tertiary/aromatic N) is 3. The van der Waals surface area contributed by atoms with Gasteiger partial charge in [-0.05, 0) is 14.1 Å². The molecule has 1 aromatic heterocycles. The van der Waals surface area contributed by atoms with Gasteiger partial charge in [0.2, 0.25) is 5.78 Å². The van der Waals surface area contributed by atoms with E-state index in [1.165, 1.54) is 7.11 Å². The Kier molecular flexibility index (Phi) is 7.21. The molecule has 0 amide bonds. The lowest BCUT2D eigenvalue weighted by atomic mass is 10.2. The predicted octanol–water partition coefficient (Wildman–Crippen LogP) is 0.299. The Labute approximate surface area is 119 Å². The summed E-state index contributed by atoms with van der Waals surface area (Å²) < 4.78 is 17.0. The van der Waals surface area contributed by atoms with Crippen molar-refractivity contribution in [2.24, 2.45) is 0 Å². The van der Waals surface area contributed by atoms with Gasteiger partial charge in [0, 0.05) is 13.7 Å². The van der Waals surface area contributed by atoms with Crippen molar-refractivity contribution in [1.29, 1.82) is 0 Å². The maximum atomic E-state index is 12.2. The van der Waals surface area contributed by atoms with E-state index in [2.05, 4.69) is 5.10 Å². The summed E-state index contributed by atoms with van der Waals surface area (Å²) in [7, 11) is 7.05. The normalized spacial score (nSPS) is 11.1. The Hall–Kier alpha value is -1.44. The number of methoxy groups -OCH3 is 2. The first-order valence-corrected chi connectivity index (χ1v) is 6.44. The highest BCUT2D eigenvalue weighted by Gasteiger charge is 2.19. The number of ether oxygens (including phenoxy) is 3. The maximum Gasteiger partial charge on any atom is 0.210 e. The summed E-state index contributed by atoms with van der Waals surface area (Å²) in [5, 5.41) is 4.19. The summed E-state index contributed by atoms with van der Waals surface area (Å²) in [4.78, 5) is 14.2. The molecule has 0 aliphatic carbocycles. The molecule has 7 nitrogen and oxygen atoms in total. The number of carbonyl (C=O) groups is 1. The minimum atomic E-state index is -0.144. The van der Waals surface area contributed by atoms with Gasteiger partial charge < -0.3 is 19.1 Å². The zero-order valence-corrected chi connectivity index (χ0v) is 12.6. The van der Waals surface area contributed by atoms with E-state index < -0.39 is 0 Å². The van der Waals surface area contributed by atoms with Crippen molar-refractivity contribution in [3.8, 4) is 5.75 Å². The van der Waals surface area contributed by atoms with Crippen LogP contribution in [-0.4, -0.2) is 75.1 Å². The van der Waals surface area contributed by atoms with Gasteiger partial charge in [0.25, 0.3) is 0 Å². The number of ketones is 1. The van der Waals surface area contributed by atoms with Crippen molar-refractivity contribution in [1.82, 2.24) is 14.7 Å². The third-order valence-corrected chi connectivity index (χ3v) is 2.71. The van der Waals surface area contributed by atoms with Crippen LogP contribution in [0.5, 0.6) is 5.75 Å². The summed E-state index contributed by atoms with van der Waals surface area (Å²) >= 11 is 0. The lowest BCUT2D eigenvalue weighted by Gasteiger charge is -2.12. The van der Waals surface area contributed by atoms with Gasteiger partial charge in [0.15, 0.2) is 5.75 Å². The summed E-state index contributed by atoms with van der Waals surface area (Å²) in [5.74, 6) is 0.332. The van der Waals surface area contributed by atoms with Crippen LogP contribution in [0.25, 0.3) is 0 Å².